The van der Waals surface area contributed by atoms with Crippen molar-refractivity contribution in [1.82, 2.24) is 0 Å². The smallest absolute Gasteiger partial charge is 0.337 e. The molecule has 1 aliphatic rings. The molecule has 1 aromatic carbocycles. The second kappa shape index (κ2) is 7.81. The number of benzene rings is 1. The summed E-state index contributed by atoms with van der Waals surface area (Å²) < 4.78 is 4.72. The third-order valence-electron chi connectivity index (χ3n) is 3.94. The van der Waals surface area contributed by atoms with Gasteiger partial charge in [-0.05, 0) is 43.4 Å². The minimum atomic E-state index is -0.340. The fraction of sp³-hybridized carbons (Fsp3) is 0.529. The van der Waals surface area contributed by atoms with E-state index in [0.717, 1.165) is 11.3 Å². The molecule has 0 radical (unpaired) electrons. The topological polar surface area (TPSA) is 47.9 Å². The van der Waals surface area contributed by atoms with Crippen LogP contribution in [0.1, 0.15) is 54.9 Å². The Morgan fingerprint density at radius 1 is 1.24 bits per heavy atom. The molecular formula is C17H23NO3. The predicted octanol–water partition coefficient (Wildman–Crippen LogP) is 3.79. The van der Waals surface area contributed by atoms with Gasteiger partial charge in [0.25, 0.3) is 0 Å². The summed E-state index contributed by atoms with van der Waals surface area (Å²) in [4.78, 5) is 17.0. The van der Waals surface area contributed by atoms with E-state index in [1.165, 1.54) is 39.2 Å². The molecule has 0 amide bonds. The first-order chi connectivity index (χ1) is 10.2. The second-order valence-electron chi connectivity index (χ2n) is 5.55. The van der Waals surface area contributed by atoms with E-state index in [9.17, 15) is 4.79 Å². The fourth-order valence-corrected chi connectivity index (χ4v) is 2.64. The summed E-state index contributed by atoms with van der Waals surface area (Å²) in [6.45, 7) is 2.57. The van der Waals surface area contributed by atoms with Crippen molar-refractivity contribution in [3.05, 3.63) is 35.4 Å². The van der Waals surface area contributed by atoms with Gasteiger partial charge in [0.05, 0.1) is 18.4 Å². The van der Waals surface area contributed by atoms with E-state index in [4.69, 9.17) is 9.57 Å². The summed E-state index contributed by atoms with van der Waals surface area (Å²) in [6.07, 6.45) is 6.44. The maximum Gasteiger partial charge on any atom is 0.337 e. The molecule has 0 bridgehead atoms. The van der Waals surface area contributed by atoms with Gasteiger partial charge in [-0.1, -0.05) is 36.6 Å². The van der Waals surface area contributed by atoms with Crippen molar-refractivity contribution < 1.29 is 14.4 Å². The van der Waals surface area contributed by atoms with Gasteiger partial charge in [0.15, 0.2) is 0 Å². The van der Waals surface area contributed by atoms with Crippen LogP contribution in [0, 0.1) is 5.92 Å². The summed E-state index contributed by atoms with van der Waals surface area (Å²) in [5, 5.41) is 4.18. The first-order valence-corrected chi connectivity index (χ1v) is 7.56. The minimum Gasteiger partial charge on any atom is -0.465 e. The third kappa shape index (κ3) is 4.59. The molecule has 0 saturated heterocycles. The lowest BCUT2D eigenvalue weighted by atomic mass is 9.90. The Labute approximate surface area is 126 Å². The minimum absolute atomic E-state index is 0.340. The van der Waals surface area contributed by atoms with Crippen LogP contribution in [0.5, 0.6) is 0 Å². The Kier molecular flexibility index (Phi) is 5.78. The zero-order valence-corrected chi connectivity index (χ0v) is 12.8. The molecule has 1 aliphatic carbocycles. The van der Waals surface area contributed by atoms with E-state index in [1.807, 2.05) is 19.1 Å². The summed E-state index contributed by atoms with van der Waals surface area (Å²) in [5.41, 5.74) is 2.18. The zero-order valence-electron chi connectivity index (χ0n) is 12.8. The normalized spacial score (nSPS) is 16.6. The van der Waals surface area contributed by atoms with Crippen LogP contribution in [0.25, 0.3) is 0 Å². The largest absolute Gasteiger partial charge is 0.465 e. The molecule has 0 N–H and O–H groups in total. The van der Waals surface area contributed by atoms with E-state index in [2.05, 4.69) is 5.16 Å². The van der Waals surface area contributed by atoms with E-state index in [0.29, 0.717) is 18.1 Å². The Bertz CT molecular complexity index is 505. The van der Waals surface area contributed by atoms with Crippen molar-refractivity contribution in [2.45, 2.75) is 39.0 Å². The van der Waals surface area contributed by atoms with Crippen LogP contribution < -0.4 is 0 Å². The monoisotopic (exact) mass is 289 g/mol. The van der Waals surface area contributed by atoms with Gasteiger partial charge in [-0.15, -0.1) is 0 Å². The van der Waals surface area contributed by atoms with Crippen LogP contribution in [-0.2, 0) is 9.57 Å². The number of rotatable bonds is 5. The van der Waals surface area contributed by atoms with Crippen LogP contribution in [0.15, 0.2) is 29.4 Å². The number of carbonyl (C=O) groups excluding carboxylic acids is 1. The van der Waals surface area contributed by atoms with Crippen LogP contribution in [0.2, 0.25) is 0 Å². The second-order valence-corrected chi connectivity index (χ2v) is 5.55. The number of hydrogen-bond acceptors (Lipinski definition) is 4. The summed E-state index contributed by atoms with van der Waals surface area (Å²) in [6, 6.07) is 7.23. The Morgan fingerprint density at radius 2 is 1.95 bits per heavy atom. The van der Waals surface area contributed by atoms with Gasteiger partial charge in [-0.3, -0.25) is 0 Å². The molecule has 0 spiro atoms. The first kappa shape index (κ1) is 15.5. The molecule has 1 saturated carbocycles. The van der Waals surface area contributed by atoms with Gasteiger partial charge < -0.3 is 9.57 Å². The van der Waals surface area contributed by atoms with Gasteiger partial charge in [-0.2, -0.15) is 0 Å². The summed E-state index contributed by atoms with van der Waals surface area (Å²) in [5.74, 6) is 0.296. The third-order valence-corrected chi connectivity index (χ3v) is 3.94. The van der Waals surface area contributed by atoms with Crippen LogP contribution in [0.4, 0.5) is 0 Å². The van der Waals surface area contributed by atoms with Gasteiger partial charge in [0.1, 0.15) is 6.61 Å². The van der Waals surface area contributed by atoms with Crippen molar-refractivity contribution in [2.24, 2.45) is 11.1 Å². The number of methoxy groups -OCH3 is 1. The Hall–Kier alpha value is -1.84. The van der Waals surface area contributed by atoms with Crippen LogP contribution in [-0.4, -0.2) is 25.4 Å². The number of oxime groups is 1. The molecule has 114 valence electrons. The highest BCUT2D eigenvalue weighted by Gasteiger charge is 2.14. The number of carbonyl (C=O) groups is 1. The fourth-order valence-electron chi connectivity index (χ4n) is 2.64. The van der Waals surface area contributed by atoms with Crippen molar-refractivity contribution in [3.8, 4) is 0 Å². The molecule has 0 atom stereocenters. The molecule has 4 nitrogen and oxygen atoms in total. The van der Waals surface area contributed by atoms with E-state index in [1.54, 1.807) is 12.1 Å². The molecule has 0 aromatic heterocycles. The number of nitrogens with zero attached hydrogens (tertiary/aromatic N) is 1. The SMILES string of the molecule is COC(=O)c1cccc(/C(C)=N\OCC2CCCCC2)c1. The number of esters is 1. The lowest BCUT2D eigenvalue weighted by molar-refractivity contribution is 0.0600. The number of ether oxygens (including phenoxy) is 1. The van der Waals surface area contributed by atoms with E-state index >= 15 is 0 Å². The maximum atomic E-state index is 11.5. The molecular weight excluding hydrogens is 266 g/mol. The van der Waals surface area contributed by atoms with Gasteiger partial charge in [-0.25, -0.2) is 4.79 Å². The van der Waals surface area contributed by atoms with E-state index < -0.39 is 0 Å². The average Bonchev–Trinajstić information content (AvgIpc) is 2.55. The zero-order chi connectivity index (χ0) is 15.1. The van der Waals surface area contributed by atoms with Crippen molar-refractivity contribution in [1.29, 1.82) is 0 Å². The quantitative estimate of drug-likeness (QED) is 0.470. The Balaban J connectivity index is 1.93. The predicted molar refractivity (Wildman–Crippen MR) is 82.5 cm³/mol. The van der Waals surface area contributed by atoms with Crippen molar-refractivity contribution >= 4 is 11.7 Å². The standard InChI is InChI=1S/C17H23NO3/c1-13(18-21-12-14-7-4-3-5-8-14)15-9-6-10-16(11-15)17(19)20-2/h6,9-11,14H,3-5,7-8,12H2,1-2H3/b18-13-. The van der Waals surface area contributed by atoms with Gasteiger partial charge in [0, 0.05) is 0 Å². The van der Waals surface area contributed by atoms with Crippen molar-refractivity contribution in [2.75, 3.05) is 13.7 Å². The van der Waals surface area contributed by atoms with E-state index in [-0.39, 0.29) is 5.97 Å². The molecule has 21 heavy (non-hydrogen) atoms. The lowest BCUT2D eigenvalue weighted by Gasteiger charge is -2.19. The molecule has 1 fully saturated rings. The Morgan fingerprint density at radius 3 is 2.67 bits per heavy atom. The first-order valence-electron chi connectivity index (χ1n) is 7.56. The molecule has 0 heterocycles. The lowest BCUT2D eigenvalue weighted by Crippen LogP contribution is -2.12. The van der Waals surface area contributed by atoms with Gasteiger partial charge in [0.2, 0.25) is 0 Å². The van der Waals surface area contributed by atoms with Crippen LogP contribution >= 0.6 is 0 Å². The molecule has 0 unspecified atom stereocenters. The summed E-state index contributed by atoms with van der Waals surface area (Å²) in [7, 11) is 1.38. The number of hydrogen-bond donors (Lipinski definition) is 0. The van der Waals surface area contributed by atoms with Gasteiger partial charge >= 0.3 is 5.97 Å². The highest BCUT2D eigenvalue weighted by molar-refractivity contribution is 6.00. The maximum absolute atomic E-state index is 11.5. The van der Waals surface area contributed by atoms with Crippen LogP contribution in [0.3, 0.4) is 0 Å². The summed E-state index contributed by atoms with van der Waals surface area (Å²) >= 11 is 0. The highest BCUT2D eigenvalue weighted by Crippen LogP contribution is 2.23. The molecule has 1 aromatic rings. The van der Waals surface area contributed by atoms with Crippen molar-refractivity contribution in [3.63, 3.8) is 0 Å². The molecule has 0 aliphatic heterocycles. The highest BCUT2D eigenvalue weighted by atomic mass is 16.6. The molecule has 2 rings (SSSR count). The molecule has 4 heteroatoms. The average molecular weight is 289 g/mol.